The number of halogens is 3. The van der Waals surface area contributed by atoms with E-state index in [0.29, 0.717) is 24.2 Å². The van der Waals surface area contributed by atoms with Gasteiger partial charge in [-0.15, -0.1) is 0 Å². The molecule has 21 heavy (non-hydrogen) atoms. The number of likely N-dealkylation sites (tertiary alicyclic amines) is 1. The highest BCUT2D eigenvalue weighted by Crippen LogP contribution is 2.36. The molecule has 2 unspecified atom stereocenters. The molecular weight excluding hydrogens is 279 g/mol. The number of hydrogen-bond donors (Lipinski definition) is 1. The Morgan fingerprint density at radius 3 is 2.38 bits per heavy atom. The Labute approximate surface area is 122 Å². The summed E-state index contributed by atoms with van der Waals surface area (Å²) in [4.78, 5) is 4.51. The number of fused-ring (bicyclic) bond motifs is 2. The minimum absolute atomic E-state index is 0.160. The maximum atomic E-state index is 13.2. The van der Waals surface area contributed by atoms with E-state index in [9.17, 15) is 13.2 Å². The van der Waals surface area contributed by atoms with Crippen LogP contribution in [0.1, 0.15) is 24.0 Å². The van der Waals surface area contributed by atoms with E-state index in [1.54, 1.807) is 6.07 Å². The van der Waals surface area contributed by atoms with Crippen molar-refractivity contribution in [3.63, 3.8) is 0 Å². The Bertz CT molecular complexity index is 515. The van der Waals surface area contributed by atoms with Crippen LogP contribution in [0.5, 0.6) is 0 Å². The molecule has 3 nitrogen and oxygen atoms in total. The average Bonchev–Trinajstić information content (AvgIpc) is 2.62. The molecule has 2 heterocycles. The summed E-state index contributed by atoms with van der Waals surface area (Å²) in [6.45, 7) is 2.23. The lowest BCUT2D eigenvalue weighted by atomic mass is 10.0. The second-order valence-electron chi connectivity index (χ2n) is 6.19. The molecule has 0 saturated carbocycles. The van der Waals surface area contributed by atoms with Crippen molar-refractivity contribution in [3.8, 4) is 0 Å². The van der Waals surface area contributed by atoms with Crippen molar-refractivity contribution in [2.75, 3.05) is 25.9 Å². The number of nitrogens with zero attached hydrogens (tertiary/aromatic N) is 2. The van der Waals surface area contributed by atoms with Crippen LogP contribution >= 0.6 is 0 Å². The minimum atomic E-state index is -4.35. The molecule has 116 valence electrons. The summed E-state index contributed by atoms with van der Waals surface area (Å²) in [5.74, 6) is 0. The number of piperazine rings is 1. The molecular formula is C15H20F3N3. The molecule has 1 aromatic carbocycles. The van der Waals surface area contributed by atoms with Gasteiger partial charge in [-0.3, -0.25) is 4.90 Å². The van der Waals surface area contributed by atoms with Gasteiger partial charge in [-0.25, -0.2) is 0 Å². The van der Waals surface area contributed by atoms with E-state index in [1.807, 2.05) is 0 Å². The summed E-state index contributed by atoms with van der Waals surface area (Å²) < 4.78 is 39.5. The van der Waals surface area contributed by atoms with E-state index in [1.165, 1.54) is 6.07 Å². The van der Waals surface area contributed by atoms with Gasteiger partial charge in [0.1, 0.15) is 0 Å². The predicted molar refractivity (Wildman–Crippen MR) is 75.7 cm³/mol. The van der Waals surface area contributed by atoms with Gasteiger partial charge in [-0.2, -0.15) is 13.2 Å². The third-order valence-electron chi connectivity index (χ3n) is 4.61. The summed E-state index contributed by atoms with van der Waals surface area (Å²) in [6, 6.07) is 4.87. The molecule has 2 atom stereocenters. The van der Waals surface area contributed by atoms with E-state index < -0.39 is 11.7 Å². The molecule has 2 N–H and O–H groups in total. The van der Waals surface area contributed by atoms with Gasteiger partial charge in [-0.05, 0) is 37.6 Å². The largest absolute Gasteiger partial charge is 0.416 e. The highest BCUT2D eigenvalue weighted by atomic mass is 19.4. The number of hydrogen-bond acceptors (Lipinski definition) is 3. The lowest BCUT2D eigenvalue weighted by Crippen LogP contribution is -2.51. The first-order valence-corrected chi connectivity index (χ1v) is 7.24. The Morgan fingerprint density at radius 2 is 1.81 bits per heavy atom. The number of anilines is 1. The monoisotopic (exact) mass is 299 g/mol. The molecule has 1 aromatic rings. The van der Waals surface area contributed by atoms with Crippen molar-refractivity contribution >= 4 is 5.69 Å². The van der Waals surface area contributed by atoms with Gasteiger partial charge >= 0.3 is 6.18 Å². The Hall–Kier alpha value is -1.27. The molecule has 2 aliphatic rings. The summed E-state index contributed by atoms with van der Waals surface area (Å²) >= 11 is 0. The van der Waals surface area contributed by atoms with Crippen LogP contribution in [0.3, 0.4) is 0 Å². The van der Waals surface area contributed by atoms with Crippen LogP contribution in [0.15, 0.2) is 18.2 Å². The maximum absolute atomic E-state index is 13.2. The normalized spacial score (nSPS) is 27.2. The fourth-order valence-electron chi connectivity index (χ4n) is 3.65. The van der Waals surface area contributed by atoms with E-state index in [0.717, 1.165) is 32.0 Å². The molecule has 0 amide bonds. The third-order valence-corrected chi connectivity index (χ3v) is 4.61. The van der Waals surface area contributed by atoms with Crippen molar-refractivity contribution < 1.29 is 13.2 Å². The quantitative estimate of drug-likeness (QED) is 0.852. The van der Waals surface area contributed by atoms with Crippen LogP contribution < -0.4 is 5.73 Å². The highest BCUT2D eigenvalue weighted by Gasteiger charge is 2.40. The first-order valence-electron chi connectivity index (χ1n) is 7.24. The Balaban J connectivity index is 1.86. The molecule has 0 aromatic heterocycles. The van der Waals surface area contributed by atoms with Crippen LogP contribution in [0, 0.1) is 0 Å². The number of nitrogen functional groups attached to an aromatic ring is 1. The second kappa shape index (κ2) is 5.18. The van der Waals surface area contributed by atoms with Crippen LogP contribution in [0.4, 0.5) is 18.9 Å². The van der Waals surface area contributed by atoms with Crippen molar-refractivity contribution in [2.45, 2.75) is 37.6 Å². The number of rotatable bonds is 2. The Morgan fingerprint density at radius 1 is 1.19 bits per heavy atom. The number of likely N-dealkylation sites (N-methyl/N-ethyl adjacent to an activating group) is 1. The first kappa shape index (κ1) is 14.7. The molecule has 2 saturated heterocycles. The molecule has 0 radical (unpaired) electrons. The molecule has 2 fully saturated rings. The summed E-state index contributed by atoms with van der Waals surface area (Å²) in [7, 11) is 2.08. The molecule has 0 spiro atoms. The summed E-state index contributed by atoms with van der Waals surface area (Å²) in [5, 5.41) is 0. The molecule has 3 rings (SSSR count). The number of benzene rings is 1. The van der Waals surface area contributed by atoms with Crippen LogP contribution in [-0.4, -0.2) is 42.0 Å². The van der Waals surface area contributed by atoms with Gasteiger partial charge in [0.2, 0.25) is 0 Å². The number of alkyl halides is 3. The zero-order chi connectivity index (χ0) is 15.2. The van der Waals surface area contributed by atoms with Crippen LogP contribution in [0.25, 0.3) is 0 Å². The van der Waals surface area contributed by atoms with Crippen molar-refractivity contribution in [1.82, 2.24) is 9.80 Å². The summed E-state index contributed by atoms with van der Waals surface area (Å²) in [5.41, 5.74) is 5.42. The van der Waals surface area contributed by atoms with E-state index in [4.69, 9.17) is 5.73 Å². The molecule has 2 aliphatic heterocycles. The Kier molecular flexibility index (Phi) is 3.61. The van der Waals surface area contributed by atoms with E-state index in [-0.39, 0.29) is 5.69 Å². The standard InChI is InChI=1S/C15H20F3N3/c1-20-8-12-4-5-13(9-20)21(12)7-10-2-3-11(19)6-14(10)15(16,17)18/h2-3,6,12-13H,4-5,7-9,19H2,1H3. The third kappa shape index (κ3) is 2.87. The topological polar surface area (TPSA) is 32.5 Å². The average molecular weight is 299 g/mol. The van der Waals surface area contributed by atoms with Crippen molar-refractivity contribution in [3.05, 3.63) is 29.3 Å². The SMILES string of the molecule is CN1CC2CCC(C1)N2Cc1ccc(N)cc1C(F)(F)F. The van der Waals surface area contributed by atoms with Crippen molar-refractivity contribution in [1.29, 1.82) is 0 Å². The summed E-state index contributed by atoms with van der Waals surface area (Å²) in [6.07, 6.45) is -2.20. The zero-order valence-corrected chi connectivity index (χ0v) is 12.0. The highest BCUT2D eigenvalue weighted by molar-refractivity contribution is 5.46. The molecule has 2 bridgehead atoms. The van der Waals surface area contributed by atoms with Gasteiger partial charge < -0.3 is 10.6 Å². The lowest BCUT2D eigenvalue weighted by Gasteiger charge is -2.39. The van der Waals surface area contributed by atoms with E-state index in [2.05, 4.69) is 16.8 Å². The fraction of sp³-hybridized carbons (Fsp3) is 0.600. The first-order chi connectivity index (χ1) is 9.84. The van der Waals surface area contributed by atoms with Crippen LogP contribution in [-0.2, 0) is 12.7 Å². The smallest absolute Gasteiger partial charge is 0.399 e. The second-order valence-corrected chi connectivity index (χ2v) is 6.19. The van der Waals surface area contributed by atoms with Crippen LogP contribution in [0.2, 0.25) is 0 Å². The maximum Gasteiger partial charge on any atom is 0.416 e. The van der Waals surface area contributed by atoms with E-state index >= 15 is 0 Å². The lowest BCUT2D eigenvalue weighted by molar-refractivity contribution is -0.138. The zero-order valence-electron chi connectivity index (χ0n) is 12.0. The number of nitrogens with two attached hydrogens (primary N) is 1. The van der Waals surface area contributed by atoms with Gasteiger partial charge in [0, 0.05) is 37.4 Å². The molecule has 6 heteroatoms. The van der Waals surface area contributed by atoms with Gasteiger partial charge in [0.15, 0.2) is 0 Å². The fourth-order valence-corrected chi connectivity index (χ4v) is 3.65. The van der Waals surface area contributed by atoms with Crippen molar-refractivity contribution in [2.24, 2.45) is 0 Å². The molecule has 0 aliphatic carbocycles. The minimum Gasteiger partial charge on any atom is -0.399 e. The van der Waals surface area contributed by atoms with Gasteiger partial charge in [0.25, 0.3) is 0 Å². The predicted octanol–water partition coefficient (Wildman–Crippen LogP) is 2.57. The van der Waals surface area contributed by atoms with Gasteiger partial charge in [-0.1, -0.05) is 6.07 Å². The van der Waals surface area contributed by atoms with Gasteiger partial charge in [0.05, 0.1) is 5.56 Å².